The van der Waals surface area contributed by atoms with E-state index in [-0.39, 0.29) is 5.54 Å². The first-order valence-electron chi connectivity index (χ1n) is 5.45. The Hall–Kier alpha value is -0.410. The molecule has 14 heavy (non-hydrogen) atoms. The molecule has 2 nitrogen and oxygen atoms in total. The second kappa shape index (κ2) is 4.41. The molecule has 2 N–H and O–H groups in total. The van der Waals surface area contributed by atoms with Crippen LogP contribution in [0.1, 0.15) is 43.4 Å². The standard InChI is InChI=1S/C11H18N2S/c12-11(5-3-1-2-4-6-11)7-10-8-13-9-14-10/h8-9H,1-7,12H2. The summed E-state index contributed by atoms with van der Waals surface area (Å²) in [7, 11) is 0. The van der Waals surface area contributed by atoms with E-state index >= 15 is 0 Å². The Morgan fingerprint density at radius 2 is 2.00 bits per heavy atom. The van der Waals surface area contributed by atoms with Gasteiger partial charge in [0.2, 0.25) is 0 Å². The van der Waals surface area contributed by atoms with Gasteiger partial charge in [-0.3, -0.25) is 4.98 Å². The molecule has 1 aromatic rings. The summed E-state index contributed by atoms with van der Waals surface area (Å²) in [5.74, 6) is 0. The molecule has 2 rings (SSSR count). The summed E-state index contributed by atoms with van der Waals surface area (Å²) >= 11 is 1.73. The van der Waals surface area contributed by atoms with Crippen molar-refractivity contribution in [2.45, 2.75) is 50.5 Å². The zero-order valence-electron chi connectivity index (χ0n) is 8.54. The SMILES string of the molecule is NC1(Cc2cncs2)CCCCCC1. The van der Waals surface area contributed by atoms with Crippen molar-refractivity contribution in [2.75, 3.05) is 0 Å². The van der Waals surface area contributed by atoms with Gasteiger partial charge in [0, 0.05) is 23.0 Å². The predicted molar refractivity (Wildman–Crippen MR) is 60.4 cm³/mol. The van der Waals surface area contributed by atoms with Gasteiger partial charge >= 0.3 is 0 Å². The van der Waals surface area contributed by atoms with Crippen LogP contribution in [0.3, 0.4) is 0 Å². The molecule has 0 aliphatic heterocycles. The van der Waals surface area contributed by atoms with Crippen molar-refractivity contribution in [2.24, 2.45) is 5.73 Å². The van der Waals surface area contributed by atoms with Crippen LogP contribution in [-0.2, 0) is 6.42 Å². The third-order valence-electron chi connectivity index (χ3n) is 3.11. The van der Waals surface area contributed by atoms with E-state index in [1.165, 1.54) is 43.4 Å². The van der Waals surface area contributed by atoms with Gasteiger partial charge in [-0.2, -0.15) is 0 Å². The smallest absolute Gasteiger partial charge is 0.0794 e. The lowest BCUT2D eigenvalue weighted by Crippen LogP contribution is -2.41. The highest BCUT2D eigenvalue weighted by atomic mass is 32.1. The van der Waals surface area contributed by atoms with E-state index in [9.17, 15) is 0 Å². The normalized spacial score (nSPS) is 21.8. The first kappa shape index (κ1) is 10.1. The number of thiazole rings is 1. The van der Waals surface area contributed by atoms with Crippen LogP contribution in [0, 0.1) is 0 Å². The summed E-state index contributed by atoms with van der Waals surface area (Å²) in [5, 5.41) is 0. The van der Waals surface area contributed by atoms with Crippen molar-refractivity contribution in [1.82, 2.24) is 4.98 Å². The molecule has 1 aliphatic carbocycles. The first-order chi connectivity index (χ1) is 6.79. The molecule has 3 heteroatoms. The fourth-order valence-electron chi connectivity index (χ4n) is 2.29. The largest absolute Gasteiger partial charge is 0.325 e. The third kappa shape index (κ3) is 2.55. The Kier molecular flexibility index (Phi) is 3.19. The van der Waals surface area contributed by atoms with Gasteiger partial charge in [-0.15, -0.1) is 11.3 Å². The maximum absolute atomic E-state index is 6.43. The van der Waals surface area contributed by atoms with E-state index in [0.717, 1.165) is 6.42 Å². The quantitative estimate of drug-likeness (QED) is 0.762. The monoisotopic (exact) mass is 210 g/mol. The average Bonchev–Trinajstić information content (AvgIpc) is 2.55. The number of aromatic nitrogens is 1. The minimum Gasteiger partial charge on any atom is -0.325 e. The van der Waals surface area contributed by atoms with Crippen LogP contribution in [-0.4, -0.2) is 10.5 Å². The van der Waals surface area contributed by atoms with Crippen molar-refractivity contribution in [1.29, 1.82) is 0 Å². The molecule has 1 heterocycles. The summed E-state index contributed by atoms with van der Waals surface area (Å²) in [6.07, 6.45) is 10.7. The second-order valence-corrected chi connectivity index (χ2v) is 5.39. The molecule has 1 aliphatic rings. The highest BCUT2D eigenvalue weighted by Gasteiger charge is 2.26. The number of hydrogen-bond donors (Lipinski definition) is 1. The number of nitrogens with zero attached hydrogens (tertiary/aromatic N) is 1. The molecule has 0 bridgehead atoms. The van der Waals surface area contributed by atoms with Crippen LogP contribution in [0.4, 0.5) is 0 Å². The molecule has 0 atom stereocenters. The van der Waals surface area contributed by atoms with Crippen LogP contribution in [0.5, 0.6) is 0 Å². The lowest BCUT2D eigenvalue weighted by atomic mass is 9.87. The van der Waals surface area contributed by atoms with Gasteiger partial charge in [-0.25, -0.2) is 0 Å². The van der Waals surface area contributed by atoms with E-state index in [4.69, 9.17) is 5.73 Å². The zero-order chi connectivity index (χ0) is 9.86. The Morgan fingerprint density at radius 1 is 1.29 bits per heavy atom. The van der Waals surface area contributed by atoms with E-state index in [1.807, 2.05) is 11.7 Å². The van der Waals surface area contributed by atoms with Crippen molar-refractivity contribution < 1.29 is 0 Å². The molecule has 0 spiro atoms. The fourth-order valence-corrected chi connectivity index (χ4v) is 3.04. The number of hydrogen-bond acceptors (Lipinski definition) is 3. The summed E-state index contributed by atoms with van der Waals surface area (Å²) in [6, 6.07) is 0. The van der Waals surface area contributed by atoms with Gasteiger partial charge in [-0.05, 0) is 12.8 Å². The summed E-state index contributed by atoms with van der Waals surface area (Å²) < 4.78 is 0. The van der Waals surface area contributed by atoms with E-state index < -0.39 is 0 Å². The average molecular weight is 210 g/mol. The molecule has 0 radical (unpaired) electrons. The molecule has 1 fully saturated rings. The van der Waals surface area contributed by atoms with Crippen LogP contribution < -0.4 is 5.73 Å². The molecule has 0 unspecified atom stereocenters. The number of rotatable bonds is 2. The molecular weight excluding hydrogens is 192 g/mol. The van der Waals surface area contributed by atoms with Gasteiger partial charge < -0.3 is 5.73 Å². The zero-order valence-corrected chi connectivity index (χ0v) is 9.35. The predicted octanol–water partition coefficient (Wildman–Crippen LogP) is 2.74. The molecule has 1 aromatic heterocycles. The maximum atomic E-state index is 6.43. The Bertz CT molecular complexity index is 261. The summed E-state index contributed by atoms with van der Waals surface area (Å²) in [6.45, 7) is 0. The van der Waals surface area contributed by atoms with Crippen molar-refractivity contribution in [3.05, 3.63) is 16.6 Å². The Morgan fingerprint density at radius 3 is 2.57 bits per heavy atom. The molecule has 78 valence electrons. The van der Waals surface area contributed by atoms with Gasteiger partial charge in [0.25, 0.3) is 0 Å². The maximum Gasteiger partial charge on any atom is 0.0794 e. The summed E-state index contributed by atoms with van der Waals surface area (Å²) in [5.41, 5.74) is 8.39. The summed E-state index contributed by atoms with van der Waals surface area (Å²) in [4.78, 5) is 5.45. The van der Waals surface area contributed by atoms with Crippen molar-refractivity contribution in [3.63, 3.8) is 0 Å². The molecule has 0 saturated heterocycles. The highest BCUT2D eigenvalue weighted by Crippen LogP contribution is 2.28. The van der Waals surface area contributed by atoms with E-state index in [2.05, 4.69) is 4.98 Å². The molecule has 1 saturated carbocycles. The molecule has 0 amide bonds. The molecule has 0 aromatic carbocycles. The van der Waals surface area contributed by atoms with Crippen LogP contribution >= 0.6 is 11.3 Å². The third-order valence-corrected chi connectivity index (χ3v) is 3.89. The topological polar surface area (TPSA) is 38.9 Å². The van der Waals surface area contributed by atoms with Crippen LogP contribution in [0.15, 0.2) is 11.7 Å². The van der Waals surface area contributed by atoms with Crippen molar-refractivity contribution >= 4 is 11.3 Å². The van der Waals surface area contributed by atoms with E-state index in [1.54, 1.807) is 11.3 Å². The number of nitrogens with two attached hydrogens (primary N) is 1. The minimum absolute atomic E-state index is 0.0586. The van der Waals surface area contributed by atoms with Crippen LogP contribution in [0.2, 0.25) is 0 Å². The minimum atomic E-state index is 0.0586. The lowest BCUT2D eigenvalue weighted by molar-refractivity contribution is 0.371. The second-order valence-electron chi connectivity index (χ2n) is 4.42. The van der Waals surface area contributed by atoms with Gasteiger partial charge in [0.15, 0.2) is 0 Å². The van der Waals surface area contributed by atoms with E-state index in [0.29, 0.717) is 0 Å². The lowest BCUT2D eigenvalue weighted by Gasteiger charge is -2.27. The first-order valence-corrected chi connectivity index (χ1v) is 6.33. The van der Waals surface area contributed by atoms with Gasteiger partial charge in [0.1, 0.15) is 0 Å². The molecular formula is C11H18N2S. The Balaban J connectivity index is 1.99. The highest BCUT2D eigenvalue weighted by molar-refractivity contribution is 7.09. The van der Waals surface area contributed by atoms with Gasteiger partial charge in [-0.1, -0.05) is 25.7 Å². The van der Waals surface area contributed by atoms with Crippen LogP contribution in [0.25, 0.3) is 0 Å². The Labute approximate surface area is 89.5 Å². The van der Waals surface area contributed by atoms with Gasteiger partial charge in [0.05, 0.1) is 5.51 Å². The van der Waals surface area contributed by atoms with Crippen molar-refractivity contribution in [3.8, 4) is 0 Å². The fraction of sp³-hybridized carbons (Fsp3) is 0.727.